The van der Waals surface area contributed by atoms with Gasteiger partial charge >= 0.3 is 0 Å². The third kappa shape index (κ3) is 3.31. The monoisotopic (exact) mass is 296 g/mol. The average molecular weight is 296 g/mol. The van der Waals surface area contributed by atoms with Crippen LogP contribution >= 0.6 is 0 Å². The Hall–Kier alpha value is -1.99. The number of aliphatic hydroxyl groups is 1. The summed E-state index contributed by atoms with van der Waals surface area (Å²) < 4.78 is 39.1. The number of anilines is 1. The summed E-state index contributed by atoms with van der Waals surface area (Å²) in [5.41, 5.74) is 0.615. The highest BCUT2D eigenvalue weighted by Gasteiger charge is 2.15. The molecule has 0 amide bonds. The first-order chi connectivity index (χ1) is 9.38. The maximum Gasteiger partial charge on any atom is 0.263 e. The molecule has 0 aliphatic heterocycles. The Balaban J connectivity index is 2.23. The molecule has 5 nitrogen and oxygen atoms in total. The summed E-state index contributed by atoms with van der Waals surface area (Å²) in [5, 5.41) is 9.37. The number of hydrogen-bond acceptors (Lipinski definition) is 4. The van der Waals surface area contributed by atoms with Gasteiger partial charge in [0.15, 0.2) is 0 Å². The molecule has 2 aromatic rings. The van der Waals surface area contributed by atoms with Crippen molar-refractivity contribution in [1.82, 2.24) is 4.98 Å². The third-order valence-electron chi connectivity index (χ3n) is 2.64. The molecule has 0 aliphatic rings. The second-order valence-corrected chi connectivity index (χ2v) is 5.89. The van der Waals surface area contributed by atoms with Crippen LogP contribution in [0.25, 0.3) is 0 Å². The van der Waals surface area contributed by atoms with E-state index in [0.29, 0.717) is 5.56 Å². The number of nitrogens with zero attached hydrogens (tertiary/aromatic N) is 1. The molecule has 0 aliphatic carbocycles. The van der Waals surface area contributed by atoms with E-state index in [0.717, 1.165) is 12.3 Å². The van der Waals surface area contributed by atoms with Gasteiger partial charge in [-0.15, -0.1) is 0 Å². The van der Waals surface area contributed by atoms with Crippen LogP contribution < -0.4 is 4.72 Å². The van der Waals surface area contributed by atoms with E-state index in [2.05, 4.69) is 9.71 Å². The molecule has 0 fully saturated rings. The molecule has 2 rings (SSSR count). The van der Waals surface area contributed by atoms with Crippen molar-refractivity contribution in [2.24, 2.45) is 0 Å². The van der Waals surface area contributed by atoms with Crippen LogP contribution in [0.5, 0.6) is 0 Å². The van der Waals surface area contributed by atoms with Gasteiger partial charge in [-0.05, 0) is 36.8 Å². The summed E-state index contributed by atoms with van der Waals surface area (Å²) in [6.45, 7) is 1.59. The van der Waals surface area contributed by atoms with Crippen molar-refractivity contribution in [2.75, 3.05) is 4.72 Å². The van der Waals surface area contributed by atoms with Gasteiger partial charge in [0, 0.05) is 0 Å². The van der Waals surface area contributed by atoms with Crippen LogP contribution in [0.2, 0.25) is 0 Å². The summed E-state index contributed by atoms with van der Waals surface area (Å²) >= 11 is 0. The number of pyridine rings is 1. The fourth-order valence-corrected chi connectivity index (χ4v) is 2.57. The van der Waals surface area contributed by atoms with E-state index in [1.165, 1.54) is 30.3 Å². The van der Waals surface area contributed by atoms with Crippen molar-refractivity contribution in [1.29, 1.82) is 0 Å². The zero-order valence-corrected chi connectivity index (χ0v) is 11.4. The molecule has 0 saturated carbocycles. The van der Waals surface area contributed by atoms with Crippen molar-refractivity contribution >= 4 is 15.8 Å². The lowest BCUT2D eigenvalue weighted by molar-refractivity contribution is 0.199. The first-order valence-corrected chi connectivity index (χ1v) is 7.29. The van der Waals surface area contributed by atoms with Crippen LogP contribution in [0, 0.1) is 5.82 Å². The number of benzene rings is 1. The average Bonchev–Trinajstić information content (AvgIpc) is 2.41. The van der Waals surface area contributed by atoms with Crippen LogP contribution in [0.15, 0.2) is 47.5 Å². The lowest BCUT2D eigenvalue weighted by atomic mass is 10.1. The lowest BCUT2D eigenvalue weighted by Crippen LogP contribution is -2.14. The number of aliphatic hydroxyl groups excluding tert-OH is 1. The number of nitrogens with one attached hydrogen (secondary N) is 1. The number of halogens is 1. The van der Waals surface area contributed by atoms with Crippen LogP contribution in [0.3, 0.4) is 0 Å². The van der Waals surface area contributed by atoms with Crippen LogP contribution in [0.1, 0.15) is 18.6 Å². The summed E-state index contributed by atoms with van der Waals surface area (Å²) in [7, 11) is -3.79. The van der Waals surface area contributed by atoms with Crippen molar-refractivity contribution in [3.8, 4) is 0 Å². The minimum absolute atomic E-state index is 0.0333. The minimum Gasteiger partial charge on any atom is -0.389 e. The zero-order valence-electron chi connectivity index (χ0n) is 10.6. The normalized spacial score (nSPS) is 12.9. The molecular formula is C13H13FN2O3S. The highest BCUT2D eigenvalue weighted by molar-refractivity contribution is 7.92. The van der Waals surface area contributed by atoms with Gasteiger partial charge in [-0.3, -0.25) is 4.72 Å². The Kier molecular flexibility index (Phi) is 4.01. The molecule has 0 spiro atoms. The van der Waals surface area contributed by atoms with Crippen molar-refractivity contribution in [2.45, 2.75) is 17.9 Å². The van der Waals surface area contributed by atoms with E-state index in [9.17, 15) is 17.9 Å². The van der Waals surface area contributed by atoms with E-state index in [1.807, 2.05) is 0 Å². The summed E-state index contributed by atoms with van der Waals surface area (Å²) in [6, 6.07) is 8.16. The Labute approximate surface area is 116 Å². The molecule has 1 atom stereocenters. The van der Waals surface area contributed by atoms with Gasteiger partial charge < -0.3 is 5.11 Å². The maximum atomic E-state index is 12.7. The van der Waals surface area contributed by atoms with Crippen LogP contribution in [-0.4, -0.2) is 18.5 Å². The Morgan fingerprint density at radius 3 is 2.35 bits per heavy atom. The predicted octanol–water partition coefficient (Wildman–Crippen LogP) is 2.07. The Bertz CT molecular complexity index is 683. The molecule has 1 aromatic heterocycles. The Morgan fingerprint density at radius 1 is 1.20 bits per heavy atom. The number of rotatable bonds is 4. The van der Waals surface area contributed by atoms with Gasteiger partial charge in [0.1, 0.15) is 11.6 Å². The fourth-order valence-electron chi connectivity index (χ4n) is 1.56. The quantitative estimate of drug-likeness (QED) is 0.905. The molecule has 1 unspecified atom stereocenters. The van der Waals surface area contributed by atoms with Gasteiger partial charge in [-0.25, -0.2) is 17.8 Å². The molecule has 20 heavy (non-hydrogen) atoms. The van der Waals surface area contributed by atoms with E-state index < -0.39 is 21.9 Å². The highest BCUT2D eigenvalue weighted by Crippen LogP contribution is 2.18. The van der Waals surface area contributed by atoms with Gasteiger partial charge in [0.05, 0.1) is 17.2 Å². The van der Waals surface area contributed by atoms with E-state index >= 15 is 0 Å². The SMILES string of the molecule is CC(O)c1ccc(S(=O)(=O)Nc2ccc(F)cn2)cc1. The van der Waals surface area contributed by atoms with Crippen molar-refractivity contribution in [3.63, 3.8) is 0 Å². The number of hydrogen-bond donors (Lipinski definition) is 2. The van der Waals surface area contributed by atoms with Crippen molar-refractivity contribution < 1.29 is 17.9 Å². The first-order valence-electron chi connectivity index (χ1n) is 5.81. The molecule has 2 N–H and O–H groups in total. The topological polar surface area (TPSA) is 79.3 Å². The number of aromatic nitrogens is 1. The maximum absolute atomic E-state index is 12.7. The highest BCUT2D eigenvalue weighted by atomic mass is 32.2. The van der Waals surface area contributed by atoms with Gasteiger partial charge in [0.2, 0.25) is 0 Å². The van der Waals surface area contributed by atoms with Gasteiger partial charge in [-0.2, -0.15) is 0 Å². The summed E-state index contributed by atoms with van der Waals surface area (Å²) in [6.07, 6.45) is 0.257. The molecule has 1 aromatic carbocycles. The summed E-state index contributed by atoms with van der Waals surface area (Å²) in [5.74, 6) is -0.514. The summed E-state index contributed by atoms with van der Waals surface area (Å²) in [4.78, 5) is 3.66. The van der Waals surface area contributed by atoms with Crippen LogP contribution in [-0.2, 0) is 10.0 Å². The molecule has 1 heterocycles. The second kappa shape index (κ2) is 5.56. The standard InChI is InChI=1S/C13H13FN2O3S/c1-9(17)10-2-5-12(6-3-10)20(18,19)16-13-7-4-11(14)8-15-13/h2-9,17H,1H3,(H,15,16). The van der Waals surface area contributed by atoms with Crippen molar-refractivity contribution in [3.05, 3.63) is 54.0 Å². The minimum atomic E-state index is -3.79. The fraction of sp³-hybridized carbons (Fsp3) is 0.154. The predicted molar refractivity (Wildman–Crippen MR) is 72.1 cm³/mol. The molecule has 7 heteroatoms. The lowest BCUT2D eigenvalue weighted by Gasteiger charge is -2.09. The Morgan fingerprint density at radius 2 is 1.85 bits per heavy atom. The molecular weight excluding hydrogens is 283 g/mol. The largest absolute Gasteiger partial charge is 0.389 e. The van der Waals surface area contributed by atoms with E-state index in [1.54, 1.807) is 6.92 Å². The molecule has 0 saturated heterocycles. The van der Waals surface area contributed by atoms with Gasteiger partial charge in [-0.1, -0.05) is 12.1 Å². The first kappa shape index (κ1) is 14.4. The second-order valence-electron chi connectivity index (χ2n) is 4.21. The zero-order chi connectivity index (χ0) is 14.8. The molecule has 0 radical (unpaired) electrons. The third-order valence-corrected chi connectivity index (χ3v) is 4.01. The molecule has 0 bridgehead atoms. The smallest absolute Gasteiger partial charge is 0.263 e. The van der Waals surface area contributed by atoms with Crippen LogP contribution in [0.4, 0.5) is 10.2 Å². The van der Waals surface area contributed by atoms with Gasteiger partial charge in [0.25, 0.3) is 10.0 Å². The molecule has 106 valence electrons. The van der Waals surface area contributed by atoms with E-state index in [-0.39, 0.29) is 10.7 Å². The van der Waals surface area contributed by atoms with E-state index in [4.69, 9.17) is 0 Å². The number of sulfonamides is 1.